The number of aliphatic hydroxyl groups excluding tert-OH is 1. The maximum atomic E-state index is 13.1. The standard InChI is InChI=1S/C89H152O17P2/c1-5-9-13-17-21-25-29-33-36-39-41-44-47-51-54-58-62-66-70-74-87(92)100-80-85(106-89(94)76-72-68-64-60-56-52-48-45-42-40-37-34-30-26-22-18-14-10-6-2)82-104-108(97,98)102-78-83(90)77-101-107(95,96)103-81-84(105-88(93)75-71-67-63-59-55-49-32-28-24-20-16-12-8-4)79-99-86(91)73-69-65-61-57-53-50-46-43-38-35-31-27-23-19-15-11-7-3/h11,15,21-23,25-28,32-38,41-42,44-46,50,83-85,90H,5-10,12-14,16-20,24,29-31,39-40,43,47-49,51-82H2,1-4H3,(H,95,96)(H,97,98)/b15-11-,25-21-,26-22-,27-23-,32-28-,36-33-,37-34-,38-35-,44-41-,45-42-,50-46-. The molecule has 5 atom stereocenters. The molecule has 0 saturated heterocycles. The molecule has 19 heteroatoms. The van der Waals surface area contributed by atoms with Crippen LogP contribution < -0.4 is 0 Å². The molecule has 0 heterocycles. The molecule has 0 bridgehead atoms. The summed E-state index contributed by atoms with van der Waals surface area (Å²) in [5, 5.41) is 10.7. The topological polar surface area (TPSA) is 237 Å². The number of allylic oxidation sites excluding steroid dienone is 22. The number of carbonyl (C=O) groups is 4. The van der Waals surface area contributed by atoms with Crippen LogP contribution in [0, 0.1) is 0 Å². The molecular formula is C89H152O17P2. The van der Waals surface area contributed by atoms with Crippen LogP contribution in [0.1, 0.15) is 349 Å². The van der Waals surface area contributed by atoms with E-state index < -0.39 is 97.5 Å². The molecule has 108 heavy (non-hydrogen) atoms. The molecule has 620 valence electrons. The zero-order chi connectivity index (χ0) is 78.9. The first-order chi connectivity index (χ1) is 52.7. The summed E-state index contributed by atoms with van der Waals surface area (Å²) in [5.41, 5.74) is 0. The Balaban J connectivity index is 5.41. The molecule has 3 N–H and O–H groups in total. The van der Waals surface area contributed by atoms with Crippen molar-refractivity contribution in [2.24, 2.45) is 0 Å². The van der Waals surface area contributed by atoms with E-state index in [1.807, 2.05) is 0 Å². The summed E-state index contributed by atoms with van der Waals surface area (Å²) in [7, 11) is -9.98. The molecule has 0 saturated carbocycles. The van der Waals surface area contributed by atoms with Gasteiger partial charge in [-0.25, -0.2) is 9.13 Å². The van der Waals surface area contributed by atoms with E-state index in [0.29, 0.717) is 25.7 Å². The quantitative estimate of drug-likeness (QED) is 0.0169. The van der Waals surface area contributed by atoms with Crippen LogP contribution in [0.3, 0.4) is 0 Å². The van der Waals surface area contributed by atoms with Crippen molar-refractivity contribution in [1.29, 1.82) is 0 Å². The number of phosphoric acid groups is 2. The average Bonchev–Trinajstić information content (AvgIpc) is 0.887. The molecule has 0 aromatic heterocycles. The summed E-state index contributed by atoms with van der Waals surface area (Å²) in [5.74, 6) is -2.23. The van der Waals surface area contributed by atoms with Gasteiger partial charge in [-0.05, 0) is 167 Å². The minimum Gasteiger partial charge on any atom is -0.462 e. The Bertz CT molecular complexity index is 2560. The minimum absolute atomic E-state index is 0.0743. The third kappa shape index (κ3) is 79.3. The summed E-state index contributed by atoms with van der Waals surface area (Å²) < 4.78 is 68.7. The molecule has 5 unspecified atom stereocenters. The van der Waals surface area contributed by atoms with Crippen LogP contribution in [0.15, 0.2) is 134 Å². The average molecular weight is 1560 g/mol. The second-order valence-electron chi connectivity index (χ2n) is 28.0. The van der Waals surface area contributed by atoms with Gasteiger partial charge in [0.1, 0.15) is 19.3 Å². The van der Waals surface area contributed by atoms with Gasteiger partial charge in [-0.2, -0.15) is 0 Å². The number of phosphoric ester groups is 2. The summed E-state index contributed by atoms with van der Waals surface area (Å²) in [4.78, 5) is 73.2. The number of aliphatic hydroxyl groups is 1. The Morgan fingerprint density at radius 2 is 0.481 bits per heavy atom. The van der Waals surface area contributed by atoms with Gasteiger partial charge in [-0.15, -0.1) is 0 Å². The number of unbranched alkanes of at least 4 members (excludes halogenated alkanes) is 31. The zero-order valence-corrected chi connectivity index (χ0v) is 69.8. The molecule has 0 fully saturated rings. The van der Waals surface area contributed by atoms with Gasteiger partial charge in [-0.1, -0.05) is 290 Å². The van der Waals surface area contributed by atoms with Crippen LogP contribution in [0.5, 0.6) is 0 Å². The minimum atomic E-state index is -4.99. The number of ether oxygens (including phenoxy) is 4. The molecule has 0 aliphatic heterocycles. The second kappa shape index (κ2) is 80.3. The Morgan fingerprint density at radius 1 is 0.269 bits per heavy atom. The highest BCUT2D eigenvalue weighted by Gasteiger charge is 2.30. The number of esters is 4. The van der Waals surface area contributed by atoms with E-state index in [4.69, 9.17) is 37.0 Å². The van der Waals surface area contributed by atoms with Crippen LogP contribution in [-0.4, -0.2) is 96.7 Å². The lowest BCUT2D eigenvalue weighted by molar-refractivity contribution is -0.161. The van der Waals surface area contributed by atoms with Gasteiger partial charge < -0.3 is 33.8 Å². The summed E-state index contributed by atoms with van der Waals surface area (Å²) >= 11 is 0. The van der Waals surface area contributed by atoms with E-state index in [-0.39, 0.29) is 25.7 Å². The Hall–Kier alpha value is -4.80. The van der Waals surface area contributed by atoms with E-state index in [9.17, 15) is 43.2 Å². The van der Waals surface area contributed by atoms with E-state index in [1.165, 1.54) is 64.2 Å². The molecule has 0 spiro atoms. The smallest absolute Gasteiger partial charge is 0.462 e. The Morgan fingerprint density at radius 3 is 0.769 bits per heavy atom. The lowest BCUT2D eigenvalue weighted by Crippen LogP contribution is -2.30. The highest BCUT2D eigenvalue weighted by molar-refractivity contribution is 7.47. The fourth-order valence-corrected chi connectivity index (χ4v) is 12.7. The first-order valence-electron chi connectivity index (χ1n) is 42.4. The third-order valence-electron chi connectivity index (χ3n) is 17.6. The molecule has 0 rings (SSSR count). The molecular weight excluding hydrogens is 1400 g/mol. The second-order valence-corrected chi connectivity index (χ2v) is 30.9. The summed E-state index contributed by atoms with van der Waals surface area (Å²) in [6.45, 7) is 4.66. The molecule has 0 amide bonds. The fraction of sp³-hybridized carbons (Fsp3) is 0.708. The van der Waals surface area contributed by atoms with Crippen LogP contribution in [0.2, 0.25) is 0 Å². The highest BCUT2D eigenvalue weighted by atomic mass is 31.2. The van der Waals surface area contributed by atoms with E-state index in [1.54, 1.807) is 0 Å². The third-order valence-corrected chi connectivity index (χ3v) is 19.5. The van der Waals surface area contributed by atoms with Gasteiger partial charge in [-0.3, -0.25) is 37.3 Å². The van der Waals surface area contributed by atoms with E-state index >= 15 is 0 Å². The monoisotopic (exact) mass is 1560 g/mol. The zero-order valence-electron chi connectivity index (χ0n) is 68.0. The predicted octanol–water partition coefficient (Wildman–Crippen LogP) is 25.2. The van der Waals surface area contributed by atoms with Crippen molar-refractivity contribution in [3.63, 3.8) is 0 Å². The lowest BCUT2D eigenvalue weighted by atomic mass is 10.1. The number of rotatable bonds is 79. The SMILES string of the molecule is CC/C=C\C/C=C\C/C=C\C/C=C\CCCCCCC(=O)OCC(COP(=O)(O)OCC(O)COP(=O)(O)OCC(COC(=O)CCCCCCCC/C=C\C/C=C\C/C=C\CCCCC)OC(=O)CCCCCCCC/C=C\C/C=C\C/C=C\CCCCC)OC(=O)CCCCCCC/C=C\CCCCCC. The number of hydrogen-bond donors (Lipinski definition) is 3. The van der Waals surface area contributed by atoms with Gasteiger partial charge in [0, 0.05) is 25.7 Å². The van der Waals surface area contributed by atoms with E-state index in [0.717, 1.165) is 205 Å². The molecule has 17 nitrogen and oxygen atoms in total. The number of carbonyl (C=O) groups excluding carboxylic acids is 4. The predicted molar refractivity (Wildman–Crippen MR) is 445 cm³/mol. The first-order valence-corrected chi connectivity index (χ1v) is 45.4. The van der Waals surface area contributed by atoms with Crippen LogP contribution in [-0.2, 0) is 65.4 Å². The van der Waals surface area contributed by atoms with Crippen molar-refractivity contribution < 1.29 is 80.2 Å². The van der Waals surface area contributed by atoms with Gasteiger partial charge in [0.25, 0.3) is 0 Å². The molecule has 0 aliphatic rings. The number of hydrogen-bond acceptors (Lipinski definition) is 15. The Labute approximate surface area is 656 Å². The van der Waals surface area contributed by atoms with E-state index in [2.05, 4.69) is 161 Å². The molecule has 0 aromatic rings. The van der Waals surface area contributed by atoms with Crippen molar-refractivity contribution >= 4 is 39.5 Å². The van der Waals surface area contributed by atoms with Gasteiger partial charge in [0.15, 0.2) is 12.2 Å². The van der Waals surface area contributed by atoms with Crippen LogP contribution in [0.4, 0.5) is 0 Å². The fourth-order valence-electron chi connectivity index (χ4n) is 11.1. The van der Waals surface area contributed by atoms with Gasteiger partial charge in [0.05, 0.1) is 26.4 Å². The van der Waals surface area contributed by atoms with Crippen LogP contribution >= 0.6 is 15.6 Å². The summed E-state index contributed by atoms with van der Waals surface area (Å²) in [6, 6.07) is 0. The van der Waals surface area contributed by atoms with Crippen molar-refractivity contribution in [1.82, 2.24) is 0 Å². The molecule has 0 aromatic carbocycles. The maximum Gasteiger partial charge on any atom is 0.472 e. The Kier molecular flexibility index (Phi) is 76.7. The van der Waals surface area contributed by atoms with Gasteiger partial charge in [0.2, 0.25) is 0 Å². The maximum absolute atomic E-state index is 13.1. The van der Waals surface area contributed by atoms with Crippen LogP contribution in [0.25, 0.3) is 0 Å². The first kappa shape index (κ1) is 103. The lowest BCUT2D eigenvalue weighted by Gasteiger charge is -2.21. The normalized spacial score (nSPS) is 14.5. The van der Waals surface area contributed by atoms with Crippen molar-refractivity contribution in [2.75, 3.05) is 39.6 Å². The van der Waals surface area contributed by atoms with Crippen molar-refractivity contribution in [3.8, 4) is 0 Å². The summed E-state index contributed by atoms with van der Waals surface area (Å²) in [6.07, 6.45) is 91.2. The molecule has 0 radical (unpaired) electrons. The van der Waals surface area contributed by atoms with Crippen molar-refractivity contribution in [3.05, 3.63) is 134 Å². The largest absolute Gasteiger partial charge is 0.472 e. The van der Waals surface area contributed by atoms with Crippen molar-refractivity contribution in [2.45, 2.75) is 367 Å². The molecule has 0 aliphatic carbocycles. The van der Waals surface area contributed by atoms with Gasteiger partial charge >= 0.3 is 39.5 Å². The highest BCUT2D eigenvalue weighted by Crippen LogP contribution is 2.45.